The third-order valence-corrected chi connectivity index (χ3v) is 10.6. The summed E-state index contributed by atoms with van der Waals surface area (Å²) >= 11 is 0. The molecular weight excluding hydrogens is 288 g/mol. The Morgan fingerprint density at radius 1 is 1.26 bits per heavy atom. The second-order valence-electron chi connectivity index (χ2n) is 5.19. The van der Waals surface area contributed by atoms with Crippen LogP contribution in [-0.4, -0.2) is 53.3 Å². The smallest absolute Gasteiger partial charge is 0.318 e. The lowest BCUT2D eigenvalue weighted by atomic mass is 10.3. The minimum atomic E-state index is -3.39. The van der Waals surface area contributed by atoms with Gasteiger partial charge >= 0.3 is 6.03 Å². The van der Waals surface area contributed by atoms with E-state index in [1.165, 1.54) is 4.90 Å². The number of hydrogen-bond acceptors (Lipinski definition) is 4. The van der Waals surface area contributed by atoms with Crippen LogP contribution in [0.15, 0.2) is 0 Å². The summed E-state index contributed by atoms with van der Waals surface area (Å²) in [6.45, 7) is 0.949. The van der Waals surface area contributed by atoms with Gasteiger partial charge in [-0.1, -0.05) is 0 Å². The van der Waals surface area contributed by atoms with Crippen molar-refractivity contribution in [3.05, 3.63) is 0 Å². The Kier molecular flexibility index (Phi) is 3.24. The van der Waals surface area contributed by atoms with Crippen molar-refractivity contribution >= 4 is 31.9 Å². The van der Waals surface area contributed by atoms with Gasteiger partial charge in [0.15, 0.2) is 15.0 Å². The van der Waals surface area contributed by atoms with Crippen molar-refractivity contribution in [2.75, 3.05) is 18.8 Å². The molecule has 3 aliphatic rings. The van der Waals surface area contributed by atoms with E-state index in [9.17, 15) is 18.0 Å². The van der Waals surface area contributed by atoms with Gasteiger partial charge in [-0.15, -0.1) is 0 Å². The molecule has 0 aromatic carbocycles. The number of hydrogen-bond donors (Lipinski definition) is 2. The van der Waals surface area contributed by atoms with E-state index in [2.05, 4.69) is 5.32 Å². The molecule has 0 aromatic heterocycles. The number of urea groups is 1. The Hall–Kier alpha value is -0.760. The number of carbonyl (C=O) groups is 2. The van der Waals surface area contributed by atoms with Gasteiger partial charge in [0.2, 0.25) is 0 Å². The number of sulfone groups is 1. The maximum absolute atomic E-state index is 12.6. The number of nitrogens with zero attached hydrogens (tertiary/aromatic N) is 1. The van der Waals surface area contributed by atoms with Crippen LogP contribution < -0.4 is 5.32 Å². The Bertz CT molecular complexity index is 479. The molecule has 3 fully saturated rings. The van der Waals surface area contributed by atoms with Crippen molar-refractivity contribution in [2.45, 2.75) is 35.6 Å². The van der Waals surface area contributed by atoms with Gasteiger partial charge in [0.05, 0.1) is 4.58 Å². The van der Waals surface area contributed by atoms with E-state index < -0.39 is 30.7 Å². The monoisotopic (exact) mass is 306 g/mol. The molecular formula is C11H18N2O4S2. The lowest BCUT2D eigenvalue weighted by Crippen LogP contribution is -2.42. The normalized spacial score (nSPS) is 39.8. The lowest BCUT2D eigenvalue weighted by Gasteiger charge is -2.25. The molecule has 2 amide bonds. The molecule has 3 saturated heterocycles. The molecule has 108 valence electrons. The van der Waals surface area contributed by atoms with Crippen LogP contribution in [0.5, 0.6) is 0 Å². The van der Waals surface area contributed by atoms with E-state index in [1.807, 2.05) is 0 Å². The summed E-state index contributed by atoms with van der Waals surface area (Å²) in [6.07, 6.45) is 2.37. The van der Waals surface area contributed by atoms with Crippen LogP contribution in [0.3, 0.4) is 0 Å². The number of nitrogens with one attached hydrogen (secondary N) is 1. The zero-order valence-corrected chi connectivity index (χ0v) is 12.3. The molecule has 0 saturated carbocycles. The van der Waals surface area contributed by atoms with E-state index in [0.717, 1.165) is 12.2 Å². The van der Waals surface area contributed by atoms with Crippen LogP contribution in [0, 0.1) is 0 Å². The lowest BCUT2D eigenvalue weighted by molar-refractivity contribution is -0.110. The fraction of sp³-hybridized carbons (Fsp3) is 0.818. The minimum Gasteiger partial charge on any atom is -0.336 e. The molecule has 0 radical (unpaired) electrons. The largest absolute Gasteiger partial charge is 0.336 e. The van der Waals surface area contributed by atoms with Gasteiger partial charge in [0, 0.05) is 19.5 Å². The molecule has 3 heterocycles. The summed E-state index contributed by atoms with van der Waals surface area (Å²) in [7, 11) is -4.42. The van der Waals surface area contributed by atoms with Gasteiger partial charge in [-0.3, -0.25) is 4.79 Å². The first-order valence-corrected chi connectivity index (χ1v) is 9.79. The Balaban J connectivity index is 1.84. The number of thiol groups is 1. The summed E-state index contributed by atoms with van der Waals surface area (Å²) in [5.74, 6) is 0.747. The van der Waals surface area contributed by atoms with E-state index >= 15 is 0 Å². The van der Waals surface area contributed by atoms with E-state index in [4.69, 9.17) is 0 Å². The molecule has 3 atom stereocenters. The van der Waals surface area contributed by atoms with Crippen LogP contribution in [0.4, 0.5) is 4.79 Å². The van der Waals surface area contributed by atoms with Crippen molar-refractivity contribution in [2.24, 2.45) is 0 Å². The topological polar surface area (TPSA) is 83.6 Å². The van der Waals surface area contributed by atoms with E-state index in [0.29, 0.717) is 32.4 Å². The zero-order chi connectivity index (χ0) is 13.6. The van der Waals surface area contributed by atoms with Crippen molar-refractivity contribution in [1.29, 1.82) is 0 Å². The van der Waals surface area contributed by atoms with Crippen molar-refractivity contribution in [3.8, 4) is 0 Å². The Labute approximate surface area is 115 Å². The summed E-state index contributed by atoms with van der Waals surface area (Å²) in [5, 5.41) is 2.07. The van der Waals surface area contributed by atoms with Crippen LogP contribution in [0.2, 0.25) is 0 Å². The summed E-state index contributed by atoms with van der Waals surface area (Å²) in [6, 6.07) is -0.292. The van der Waals surface area contributed by atoms with Crippen molar-refractivity contribution < 1.29 is 18.0 Å². The molecule has 0 aromatic rings. The molecule has 0 spiro atoms. The third kappa shape index (κ3) is 2.05. The van der Waals surface area contributed by atoms with Crippen LogP contribution in [0.25, 0.3) is 0 Å². The van der Waals surface area contributed by atoms with Gasteiger partial charge in [-0.25, -0.2) is 13.2 Å². The predicted molar refractivity (Wildman–Crippen MR) is 73.9 cm³/mol. The van der Waals surface area contributed by atoms with Crippen molar-refractivity contribution in [3.63, 3.8) is 0 Å². The molecule has 6 nitrogen and oxygen atoms in total. The highest BCUT2D eigenvalue weighted by atomic mass is 32.3. The minimum absolute atomic E-state index is 0.148. The highest BCUT2D eigenvalue weighted by Gasteiger charge is 2.50. The maximum Gasteiger partial charge on any atom is 0.318 e. The molecule has 8 heteroatoms. The number of amides is 2. The molecule has 0 bridgehead atoms. The molecule has 19 heavy (non-hydrogen) atoms. The zero-order valence-electron chi connectivity index (χ0n) is 10.5. The first-order chi connectivity index (χ1) is 9.01. The third-order valence-electron chi connectivity index (χ3n) is 4.11. The van der Waals surface area contributed by atoms with Gasteiger partial charge in [-0.05, 0) is 25.0 Å². The second-order valence-corrected chi connectivity index (χ2v) is 10.3. The average molecular weight is 306 g/mol. The fourth-order valence-corrected chi connectivity index (χ4v) is 9.82. The van der Waals surface area contributed by atoms with Crippen LogP contribution in [0.1, 0.15) is 25.7 Å². The fourth-order valence-electron chi connectivity index (χ4n) is 3.20. The quantitative estimate of drug-likeness (QED) is 0.714. The van der Waals surface area contributed by atoms with Gasteiger partial charge < -0.3 is 10.2 Å². The Morgan fingerprint density at radius 3 is 2.63 bits per heavy atom. The number of rotatable bonds is 2. The van der Waals surface area contributed by atoms with Gasteiger partial charge in [0.1, 0.15) is 5.37 Å². The average Bonchev–Trinajstić information content (AvgIpc) is 2.99. The first-order valence-electron chi connectivity index (χ1n) is 6.58. The molecule has 3 aliphatic heterocycles. The van der Waals surface area contributed by atoms with Crippen LogP contribution in [-0.2, 0) is 14.6 Å². The number of carbonyl (C=O) groups excluding carboxylic acids is 2. The van der Waals surface area contributed by atoms with Crippen LogP contribution >= 0.6 is 10.9 Å². The first kappa shape index (κ1) is 13.2. The van der Waals surface area contributed by atoms with E-state index in [1.54, 1.807) is 0 Å². The highest BCUT2D eigenvalue weighted by Crippen LogP contribution is 2.49. The van der Waals surface area contributed by atoms with Crippen molar-refractivity contribution in [1.82, 2.24) is 10.2 Å². The molecule has 3 rings (SSSR count). The summed E-state index contributed by atoms with van der Waals surface area (Å²) in [5.41, 5.74) is 0. The molecule has 3 unspecified atom stereocenters. The molecule has 1 N–H and O–H groups in total. The van der Waals surface area contributed by atoms with Gasteiger partial charge in [-0.2, -0.15) is 10.9 Å². The summed E-state index contributed by atoms with van der Waals surface area (Å²) in [4.78, 5) is 24.9. The van der Waals surface area contributed by atoms with E-state index in [-0.39, 0.29) is 11.1 Å². The maximum atomic E-state index is 12.6. The Morgan fingerprint density at radius 2 is 2.05 bits per heavy atom. The second kappa shape index (κ2) is 4.66. The summed E-state index contributed by atoms with van der Waals surface area (Å²) < 4.78 is 24.7. The standard InChI is InChI=1S/C11H18N2O4S2/c14-9-2-1-7-18(9)10-4-3-8(19(10,16)17)13-6-5-12-11(13)15/h8,10,18H,1-7H2,(H,12,15). The predicted octanol–water partition coefficient (Wildman–Crippen LogP) is 0.194. The molecule has 0 aliphatic carbocycles. The van der Waals surface area contributed by atoms with Gasteiger partial charge in [0.25, 0.3) is 0 Å². The highest BCUT2D eigenvalue weighted by molar-refractivity contribution is 8.36. The SMILES string of the molecule is O=C1NCCN1C1CCC([SH]2CCCC2=O)S1(=O)=O.